The number of hydrogen-bond donors (Lipinski definition) is 2. The zero-order valence-corrected chi connectivity index (χ0v) is 15.8. The minimum atomic E-state index is -0.0405. The third-order valence-corrected chi connectivity index (χ3v) is 5.13. The van der Waals surface area contributed by atoms with Crippen LogP contribution in [0.15, 0.2) is 54.6 Å². The van der Waals surface area contributed by atoms with Gasteiger partial charge in [0.25, 0.3) is 0 Å². The summed E-state index contributed by atoms with van der Waals surface area (Å²) in [5.41, 5.74) is 3.32. The number of anilines is 1. The van der Waals surface area contributed by atoms with E-state index in [1.54, 1.807) is 0 Å². The van der Waals surface area contributed by atoms with Crippen molar-refractivity contribution in [1.82, 2.24) is 10.2 Å². The molecule has 2 N–H and O–H groups in total. The van der Waals surface area contributed by atoms with E-state index in [1.807, 2.05) is 47.4 Å². The minimum absolute atomic E-state index is 0.0366. The van der Waals surface area contributed by atoms with Crippen LogP contribution in [0.25, 0.3) is 0 Å². The third-order valence-electron chi connectivity index (χ3n) is 5.13. The fraction of sp³-hybridized carbons (Fsp3) is 0.364. The lowest BCUT2D eigenvalue weighted by molar-refractivity contribution is -0.121. The van der Waals surface area contributed by atoms with Gasteiger partial charge in [0.15, 0.2) is 0 Å². The first kappa shape index (κ1) is 19.0. The highest BCUT2D eigenvalue weighted by atomic mass is 16.2. The van der Waals surface area contributed by atoms with Crippen LogP contribution in [0.3, 0.4) is 0 Å². The maximum Gasteiger partial charge on any atom is 0.317 e. The van der Waals surface area contributed by atoms with Crippen LogP contribution in [-0.4, -0.2) is 36.5 Å². The van der Waals surface area contributed by atoms with Gasteiger partial charge in [0, 0.05) is 31.2 Å². The molecule has 2 aromatic rings. The zero-order valence-electron chi connectivity index (χ0n) is 15.8. The molecule has 1 saturated heterocycles. The van der Waals surface area contributed by atoms with Crippen LogP contribution in [0.2, 0.25) is 0 Å². The van der Waals surface area contributed by atoms with E-state index in [4.69, 9.17) is 0 Å². The molecule has 1 fully saturated rings. The standard InChI is InChI=1S/C22H27N3O2/c1-17-7-5-6-8-18(17)11-14-23-22(27)25-15-12-19(13-16-25)21(26)24-20-9-3-2-4-10-20/h2-10,19H,11-16H2,1H3,(H,23,27)(H,24,26). The van der Waals surface area contributed by atoms with Crippen LogP contribution in [0.5, 0.6) is 0 Å². The highest BCUT2D eigenvalue weighted by Gasteiger charge is 2.27. The molecule has 0 radical (unpaired) electrons. The molecule has 1 aliphatic rings. The van der Waals surface area contributed by atoms with Crippen LogP contribution in [0.4, 0.5) is 10.5 Å². The largest absolute Gasteiger partial charge is 0.338 e. The fourth-order valence-corrected chi connectivity index (χ4v) is 3.42. The number of amides is 3. The van der Waals surface area contributed by atoms with Crippen LogP contribution < -0.4 is 10.6 Å². The molecular weight excluding hydrogens is 338 g/mol. The molecule has 5 heteroatoms. The number of hydrogen-bond acceptors (Lipinski definition) is 2. The van der Waals surface area contributed by atoms with E-state index >= 15 is 0 Å². The lowest BCUT2D eigenvalue weighted by Crippen LogP contribution is -2.46. The van der Waals surface area contributed by atoms with Crippen molar-refractivity contribution in [3.05, 3.63) is 65.7 Å². The Bertz CT molecular complexity index is 768. The van der Waals surface area contributed by atoms with Gasteiger partial charge in [-0.25, -0.2) is 4.79 Å². The predicted molar refractivity (Wildman–Crippen MR) is 108 cm³/mol. The van der Waals surface area contributed by atoms with E-state index in [0.717, 1.165) is 12.1 Å². The summed E-state index contributed by atoms with van der Waals surface area (Å²) in [5, 5.41) is 5.95. The number of urea groups is 1. The Morgan fingerprint density at radius 1 is 1.00 bits per heavy atom. The first-order valence-corrected chi connectivity index (χ1v) is 9.56. The zero-order chi connectivity index (χ0) is 19.1. The molecule has 0 saturated carbocycles. The number of carbonyl (C=O) groups excluding carboxylic acids is 2. The molecule has 142 valence electrons. The van der Waals surface area contributed by atoms with Crippen molar-refractivity contribution in [2.24, 2.45) is 5.92 Å². The number of carbonyl (C=O) groups is 2. The Hall–Kier alpha value is -2.82. The normalized spacial score (nSPS) is 14.6. The van der Waals surface area contributed by atoms with Crippen molar-refractivity contribution >= 4 is 17.6 Å². The summed E-state index contributed by atoms with van der Waals surface area (Å²) in [6, 6.07) is 17.7. The number of nitrogens with one attached hydrogen (secondary N) is 2. The molecule has 3 amide bonds. The van der Waals surface area contributed by atoms with E-state index in [0.29, 0.717) is 32.5 Å². The van der Waals surface area contributed by atoms with Crippen molar-refractivity contribution < 1.29 is 9.59 Å². The molecule has 3 rings (SSSR count). The first-order chi connectivity index (χ1) is 13.1. The van der Waals surface area contributed by atoms with Gasteiger partial charge in [-0.3, -0.25) is 4.79 Å². The van der Waals surface area contributed by atoms with Crippen molar-refractivity contribution in [2.45, 2.75) is 26.2 Å². The van der Waals surface area contributed by atoms with Gasteiger partial charge in [-0.15, -0.1) is 0 Å². The maximum atomic E-state index is 12.4. The summed E-state index contributed by atoms with van der Waals surface area (Å²) in [4.78, 5) is 26.5. The van der Waals surface area contributed by atoms with E-state index < -0.39 is 0 Å². The van der Waals surface area contributed by atoms with Gasteiger partial charge in [-0.05, 0) is 49.4 Å². The van der Waals surface area contributed by atoms with Gasteiger partial charge in [-0.1, -0.05) is 42.5 Å². The number of para-hydroxylation sites is 1. The third kappa shape index (κ3) is 5.33. The highest BCUT2D eigenvalue weighted by molar-refractivity contribution is 5.92. The minimum Gasteiger partial charge on any atom is -0.338 e. The monoisotopic (exact) mass is 365 g/mol. The Kier molecular flexibility index (Phi) is 6.47. The smallest absolute Gasteiger partial charge is 0.317 e. The number of benzene rings is 2. The van der Waals surface area contributed by atoms with Crippen molar-refractivity contribution in [2.75, 3.05) is 25.0 Å². The van der Waals surface area contributed by atoms with Crippen molar-refractivity contribution in [3.63, 3.8) is 0 Å². The Labute approximate surface area is 160 Å². The van der Waals surface area contributed by atoms with E-state index in [2.05, 4.69) is 29.7 Å². The van der Waals surface area contributed by atoms with Crippen LogP contribution in [-0.2, 0) is 11.2 Å². The average molecular weight is 365 g/mol. The first-order valence-electron chi connectivity index (χ1n) is 9.56. The summed E-state index contributed by atoms with van der Waals surface area (Å²) in [6.45, 7) is 3.94. The molecule has 0 atom stereocenters. The summed E-state index contributed by atoms with van der Waals surface area (Å²) < 4.78 is 0. The Morgan fingerprint density at radius 2 is 1.67 bits per heavy atom. The van der Waals surface area contributed by atoms with Gasteiger partial charge in [0.05, 0.1) is 0 Å². The second kappa shape index (κ2) is 9.21. The fourth-order valence-electron chi connectivity index (χ4n) is 3.42. The average Bonchev–Trinajstić information content (AvgIpc) is 2.70. The lowest BCUT2D eigenvalue weighted by Gasteiger charge is -2.31. The molecule has 5 nitrogen and oxygen atoms in total. The number of rotatable bonds is 5. The maximum absolute atomic E-state index is 12.4. The van der Waals surface area contributed by atoms with Crippen LogP contribution in [0.1, 0.15) is 24.0 Å². The quantitative estimate of drug-likeness (QED) is 0.850. The molecule has 0 unspecified atom stereocenters. The molecule has 0 aliphatic carbocycles. The highest BCUT2D eigenvalue weighted by Crippen LogP contribution is 2.19. The SMILES string of the molecule is Cc1ccccc1CCNC(=O)N1CCC(C(=O)Nc2ccccc2)CC1. The van der Waals surface area contributed by atoms with E-state index in [1.165, 1.54) is 11.1 Å². The molecule has 27 heavy (non-hydrogen) atoms. The molecule has 1 aliphatic heterocycles. The molecule has 0 spiro atoms. The second-order valence-electron chi connectivity index (χ2n) is 7.03. The number of aryl methyl sites for hydroxylation is 1. The summed E-state index contributed by atoms with van der Waals surface area (Å²) >= 11 is 0. The molecule has 1 heterocycles. The van der Waals surface area contributed by atoms with Crippen molar-refractivity contribution in [3.8, 4) is 0 Å². The summed E-state index contributed by atoms with van der Waals surface area (Å²) in [7, 11) is 0. The summed E-state index contributed by atoms with van der Waals surface area (Å²) in [5.74, 6) is 0.00188. The second-order valence-corrected chi connectivity index (χ2v) is 7.03. The number of piperidine rings is 1. The topological polar surface area (TPSA) is 61.4 Å². The molecule has 0 bridgehead atoms. The van der Waals surface area contributed by atoms with E-state index in [9.17, 15) is 9.59 Å². The molecule has 0 aromatic heterocycles. The molecular formula is C22H27N3O2. The Morgan fingerprint density at radius 3 is 2.37 bits per heavy atom. The lowest BCUT2D eigenvalue weighted by atomic mass is 9.96. The van der Waals surface area contributed by atoms with Gasteiger partial charge in [0.1, 0.15) is 0 Å². The summed E-state index contributed by atoms with van der Waals surface area (Å²) in [6.07, 6.45) is 2.22. The van der Waals surface area contributed by atoms with Crippen LogP contribution in [0, 0.1) is 12.8 Å². The molecule has 2 aromatic carbocycles. The van der Waals surface area contributed by atoms with Gasteiger partial charge >= 0.3 is 6.03 Å². The Balaban J connectivity index is 1.40. The van der Waals surface area contributed by atoms with Gasteiger partial charge < -0.3 is 15.5 Å². The van der Waals surface area contributed by atoms with Gasteiger partial charge in [0.2, 0.25) is 5.91 Å². The number of nitrogens with zero attached hydrogens (tertiary/aromatic N) is 1. The number of likely N-dealkylation sites (tertiary alicyclic amines) is 1. The van der Waals surface area contributed by atoms with Crippen LogP contribution >= 0.6 is 0 Å². The van der Waals surface area contributed by atoms with Crippen molar-refractivity contribution in [1.29, 1.82) is 0 Å². The van der Waals surface area contributed by atoms with Gasteiger partial charge in [-0.2, -0.15) is 0 Å². The predicted octanol–water partition coefficient (Wildman–Crippen LogP) is 3.60. The van der Waals surface area contributed by atoms with E-state index in [-0.39, 0.29) is 17.9 Å².